The predicted molar refractivity (Wildman–Crippen MR) is 67.4 cm³/mol. The Balaban J connectivity index is 2.27. The third-order valence-electron chi connectivity index (χ3n) is 2.59. The number of ether oxygens (including phenoxy) is 1. The largest absolute Gasteiger partial charge is 0.481 e. The van der Waals surface area contributed by atoms with Gasteiger partial charge in [-0.1, -0.05) is 6.92 Å². The summed E-state index contributed by atoms with van der Waals surface area (Å²) in [5, 5.41) is 3.40. The molecule has 0 saturated carbocycles. The number of hydrogen-bond acceptors (Lipinski definition) is 5. The predicted octanol–water partition coefficient (Wildman–Crippen LogP) is 2.17. The molecule has 1 atom stereocenters. The van der Waals surface area contributed by atoms with Crippen molar-refractivity contribution in [2.24, 2.45) is 0 Å². The molecule has 0 aliphatic heterocycles. The van der Waals surface area contributed by atoms with Gasteiger partial charge in [0.2, 0.25) is 5.88 Å². The fourth-order valence-electron chi connectivity index (χ4n) is 1.72. The normalized spacial score (nSPS) is 12.3. The van der Waals surface area contributed by atoms with E-state index in [1.165, 1.54) is 6.33 Å². The zero-order valence-corrected chi connectivity index (χ0v) is 10.6. The molecule has 0 fully saturated rings. The van der Waals surface area contributed by atoms with Crippen molar-refractivity contribution >= 4 is 0 Å². The summed E-state index contributed by atoms with van der Waals surface area (Å²) in [6.07, 6.45) is 4.20. The van der Waals surface area contributed by atoms with E-state index in [4.69, 9.17) is 9.15 Å². The molecule has 2 aromatic rings. The van der Waals surface area contributed by atoms with Gasteiger partial charge in [0.1, 0.15) is 18.1 Å². The third kappa shape index (κ3) is 2.87. The smallest absolute Gasteiger partial charge is 0.216 e. The number of nitrogens with zero attached hydrogens (tertiary/aromatic N) is 2. The minimum atomic E-state index is -0.0724. The molecule has 1 unspecified atom stereocenters. The Bertz CT molecular complexity index is 471. The van der Waals surface area contributed by atoms with Crippen LogP contribution in [0.3, 0.4) is 0 Å². The van der Waals surface area contributed by atoms with Crippen molar-refractivity contribution in [1.82, 2.24) is 15.3 Å². The number of furan rings is 1. The number of methoxy groups -OCH3 is 1. The van der Waals surface area contributed by atoms with Crippen LogP contribution >= 0.6 is 0 Å². The summed E-state index contributed by atoms with van der Waals surface area (Å²) < 4.78 is 10.6. The molecule has 2 aromatic heterocycles. The maximum Gasteiger partial charge on any atom is 0.216 e. The van der Waals surface area contributed by atoms with Gasteiger partial charge in [0.05, 0.1) is 19.1 Å². The standard InChI is InChI=1S/C13H17N3O2/c1-3-6-14-13(11-5-4-7-18-11)10-8-12(17-2)16-9-15-10/h4-5,7-9,13-14H,3,6H2,1-2H3. The lowest BCUT2D eigenvalue weighted by Crippen LogP contribution is -2.23. The van der Waals surface area contributed by atoms with Gasteiger partial charge in [-0.2, -0.15) is 0 Å². The Labute approximate surface area is 106 Å². The van der Waals surface area contributed by atoms with Gasteiger partial charge in [0, 0.05) is 6.07 Å². The Morgan fingerprint density at radius 1 is 1.44 bits per heavy atom. The van der Waals surface area contributed by atoms with Crippen LogP contribution < -0.4 is 10.1 Å². The molecular formula is C13H17N3O2. The fraction of sp³-hybridized carbons (Fsp3) is 0.385. The lowest BCUT2D eigenvalue weighted by molar-refractivity contribution is 0.392. The van der Waals surface area contributed by atoms with E-state index in [9.17, 15) is 0 Å². The van der Waals surface area contributed by atoms with Crippen LogP contribution in [0.15, 0.2) is 35.2 Å². The molecule has 18 heavy (non-hydrogen) atoms. The van der Waals surface area contributed by atoms with Crippen molar-refractivity contribution in [3.63, 3.8) is 0 Å². The first-order valence-electron chi connectivity index (χ1n) is 5.98. The van der Waals surface area contributed by atoms with E-state index in [2.05, 4.69) is 22.2 Å². The molecule has 0 radical (unpaired) electrons. The second-order valence-electron chi connectivity index (χ2n) is 3.89. The summed E-state index contributed by atoms with van der Waals surface area (Å²) in [7, 11) is 1.59. The lowest BCUT2D eigenvalue weighted by Gasteiger charge is -2.15. The van der Waals surface area contributed by atoms with Crippen LogP contribution in [0.25, 0.3) is 0 Å². The molecule has 0 bridgehead atoms. The van der Waals surface area contributed by atoms with Crippen molar-refractivity contribution in [2.75, 3.05) is 13.7 Å². The van der Waals surface area contributed by atoms with Crippen molar-refractivity contribution in [1.29, 1.82) is 0 Å². The molecule has 2 rings (SSSR count). The first-order valence-corrected chi connectivity index (χ1v) is 5.98. The average Bonchev–Trinajstić information content (AvgIpc) is 2.93. The highest BCUT2D eigenvalue weighted by Gasteiger charge is 2.18. The van der Waals surface area contributed by atoms with Crippen LogP contribution in [-0.2, 0) is 0 Å². The van der Waals surface area contributed by atoms with E-state index in [1.807, 2.05) is 18.2 Å². The Morgan fingerprint density at radius 2 is 2.33 bits per heavy atom. The zero-order valence-electron chi connectivity index (χ0n) is 10.6. The van der Waals surface area contributed by atoms with Crippen LogP contribution in [0.4, 0.5) is 0 Å². The zero-order chi connectivity index (χ0) is 12.8. The Kier molecular flexibility index (Phi) is 4.30. The number of nitrogens with one attached hydrogen (secondary N) is 1. The van der Waals surface area contributed by atoms with Gasteiger partial charge in [0.25, 0.3) is 0 Å². The van der Waals surface area contributed by atoms with E-state index >= 15 is 0 Å². The molecule has 96 valence electrons. The second-order valence-corrected chi connectivity index (χ2v) is 3.89. The number of hydrogen-bond donors (Lipinski definition) is 1. The molecule has 5 heteroatoms. The quantitative estimate of drug-likeness (QED) is 0.847. The highest BCUT2D eigenvalue weighted by molar-refractivity contribution is 5.23. The van der Waals surface area contributed by atoms with Gasteiger partial charge in [-0.05, 0) is 25.1 Å². The first-order chi connectivity index (χ1) is 8.85. The molecule has 0 amide bonds. The summed E-state index contributed by atoms with van der Waals surface area (Å²) in [6.45, 7) is 3.00. The van der Waals surface area contributed by atoms with E-state index in [1.54, 1.807) is 13.4 Å². The minimum Gasteiger partial charge on any atom is -0.481 e. The van der Waals surface area contributed by atoms with Crippen molar-refractivity contribution in [3.8, 4) is 5.88 Å². The highest BCUT2D eigenvalue weighted by Crippen LogP contribution is 2.22. The maximum atomic E-state index is 5.46. The molecule has 5 nitrogen and oxygen atoms in total. The highest BCUT2D eigenvalue weighted by atomic mass is 16.5. The van der Waals surface area contributed by atoms with Crippen LogP contribution in [0.5, 0.6) is 5.88 Å². The molecule has 0 spiro atoms. The molecule has 0 saturated heterocycles. The summed E-state index contributed by atoms with van der Waals surface area (Å²) >= 11 is 0. The van der Waals surface area contributed by atoms with Gasteiger partial charge in [-0.3, -0.25) is 0 Å². The minimum absolute atomic E-state index is 0.0724. The third-order valence-corrected chi connectivity index (χ3v) is 2.59. The summed E-state index contributed by atoms with van der Waals surface area (Å²) in [5.41, 5.74) is 0.838. The number of rotatable bonds is 6. The topological polar surface area (TPSA) is 60.2 Å². The lowest BCUT2D eigenvalue weighted by atomic mass is 10.1. The van der Waals surface area contributed by atoms with Crippen LogP contribution in [0.2, 0.25) is 0 Å². The molecular weight excluding hydrogens is 230 g/mol. The van der Waals surface area contributed by atoms with Gasteiger partial charge < -0.3 is 14.5 Å². The van der Waals surface area contributed by atoms with E-state index in [0.29, 0.717) is 5.88 Å². The van der Waals surface area contributed by atoms with E-state index in [-0.39, 0.29) is 6.04 Å². The van der Waals surface area contributed by atoms with Gasteiger partial charge in [0.15, 0.2) is 0 Å². The van der Waals surface area contributed by atoms with Crippen molar-refractivity contribution in [2.45, 2.75) is 19.4 Å². The molecule has 1 N–H and O–H groups in total. The van der Waals surface area contributed by atoms with Gasteiger partial charge in [-0.15, -0.1) is 0 Å². The van der Waals surface area contributed by atoms with E-state index in [0.717, 1.165) is 24.4 Å². The molecule has 2 heterocycles. The van der Waals surface area contributed by atoms with Crippen LogP contribution in [-0.4, -0.2) is 23.6 Å². The van der Waals surface area contributed by atoms with Gasteiger partial charge in [-0.25, -0.2) is 9.97 Å². The monoisotopic (exact) mass is 247 g/mol. The molecule has 0 aliphatic carbocycles. The van der Waals surface area contributed by atoms with Crippen LogP contribution in [0, 0.1) is 0 Å². The fourth-order valence-corrected chi connectivity index (χ4v) is 1.72. The summed E-state index contributed by atoms with van der Waals surface area (Å²) in [5.74, 6) is 1.39. The summed E-state index contributed by atoms with van der Waals surface area (Å²) in [6, 6.07) is 5.54. The van der Waals surface area contributed by atoms with Crippen molar-refractivity contribution < 1.29 is 9.15 Å². The first kappa shape index (κ1) is 12.6. The second kappa shape index (κ2) is 6.16. The Morgan fingerprint density at radius 3 is 3.00 bits per heavy atom. The van der Waals surface area contributed by atoms with Gasteiger partial charge >= 0.3 is 0 Å². The van der Waals surface area contributed by atoms with Crippen molar-refractivity contribution in [3.05, 3.63) is 42.2 Å². The SMILES string of the molecule is CCCNC(c1cc(OC)ncn1)c1ccco1. The maximum absolute atomic E-state index is 5.46. The van der Waals surface area contributed by atoms with E-state index < -0.39 is 0 Å². The Hall–Kier alpha value is -1.88. The number of aromatic nitrogens is 2. The van der Waals surface area contributed by atoms with Crippen LogP contribution in [0.1, 0.15) is 30.8 Å². The molecule has 0 aliphatic rings. The average molecular weight is 247 g/mol. The molecule has 0 aromatic carbocycles. The summed E-state index contributed by atoms with van der Waals surface area (Å²) in [4.78, 5) is 8.29.